The van der Waals surface area contributed by atoms with Gasteiger partial charge in [-0.25, -0.2) is 15.0 Å². The third-order valence-electron chi connectivity index (χ3n) is 4.39. The molecule has 0 radical (unpaired) electrons. The van der Waals surface area contributed by atoms with E-state index in [1.54, 1.807) is 17.7 Å². The number of aryl methyl sites for hydroxylation is 1. The highest BCUT2D eigenvalue weighted by Crippen LogP contribution is 2.27. The van der Waals surface area contributed by atoms with Crippen molar-refractivity contribution in [2.24, 2.45) is 0 Å². The predicted octanol–water partition coefficient (Wildman–Crippen LogP) is 4.67. The zero-order chi connectivity index (χ0) is 17.9. The number of para-hydroxylation sites is 1. The van der Waals surface area contributed by atoms with Gasteiger partial charge < -0.3 is 5.32 Å². The summed E-state index contributed by atoms with van der Waals surface area (Å²) in [5.74, 6) is 1.13. The van der Waals surface area contributed by atoms with Crippen LogP contribution in [0.2, 0.25) is 0 Å². The van der Waals surface area contributed by atoms with Crippen molar-refractivity contribution in [3.63, 3.8) is 0 Å². The Hall–Kier alpha value is -2.86. The van der Waals surface area contributed by atoms with E-state index >= 15 is 0 Å². The topological polar surface area (TPSA) is 63.6 Å². The number of aromatic nitrogens is 4. The standard InChI is InChI=1S/C20H19N5S/c1-13(16-4-3-5-18-20(16)25-12-26-18)9-22-19-8-17(23-11-24-19)15-7-6-14(2)21-10-15/h3-8,10-13H,9H2,1-2H3,(H,22,23,24). The van der Waals surface area contributed by atoms with Crippen LogP contribution in [0.25, 0.3) is 21.5 Å². The first-order valence-electron chi connectivity index (χ1n) is 8.52. The van der Waals surface area contributed by atoms with Crippen molar-refractivity contribution in [2.45, 2.75) is 19.8 Å². The maximum atomic E-state index is 4.51. The van der Waals surface area contributed by atoms with Crippen LogP contribution in [-0.4, -0.2) is 26.5 Å². The van der Waals surface area contributed by atoms with E-state index in [0.717, 1.165) is 34.8 Å². The van der Waals surface area contributed by atoms with Crippen LogP contribution in [0.3, 0.4) is 0 Å². The Balaban J connectivity index is 1.50. The van der Waals surface area contributed by atoms with Gasteiger partial charge in [-0.3, -0.25) is 4.98 Å². The monoisotopic (exact) mass is 361 g/mol. The number of pyridine rings is 1. The fourth-order valence-electron chi connectivity index (χ4n) is 2.90. The molecule has 0 aliphatic heterocycles. The predicted molar refractivity (Wildman–Crippen MR) is 107 cm³/mol. The molecule has 1 N–H and O–H groups in total. The number of nitrogens with one attached hydrogen (secondary N) is 1. The Morgan fingerprint density at radius 2 is 2.00 bits per heavy atom. The van der Waals surface area contributed by atoms with E-state index in [2.05, 4.69) is 50.4 Å². The molecule has 3 heterocycles. The first-order valence-corrected chi connectivity index (χ1v) is 9.40. The Labute approximate surface area is 156 Å². The lowest BCUT2D eigenvalue weighted by molar-refractivity contribution is 0.806. The summed E-state index contributed by atoms with van der Waals surface area (Å²) in [6, 6.07) is 12.3. The Morgan fingerprint density at radius 3 is 2.85 bits per heavy atom. The van der Waals surface area contributed by atoms with Crippen molar-refractivity contribution in [2.75, 3.05) is 11.9 Å². The van der Waals surface area contributed by atoms with E-state index in [1.807, 2.05) is 36.8 Å². The molecule has 3 aromatic heterocycles. The van der Waals surface area contributed by atoms with Gasteiger partial charge in [0.25, 0.3) is 0 Å². The smallest absolute Gasteiger partial charge is 0.129 e. The summed E-state index contributed by atoms with van der Waals surface area (Å²) in [6.07, 6.45) is 3.43. The molecule has 0 aliphatic rings. The van der Waals surface area contributed by atoms with E-state index in [0.29, 0.717) is 5.92 Å². The lowest BCUT2D eigenvalue weighted by Crippen LogP contribution is -2.11. The number of anilines is 1. The molecule has 130 valence electrons. The average Bonchev–Trinajstić information content (AvgIpc) is 3.16. The summed E-state index contributed by atoms with van der Waals surface area (Å²) in [7, 11) is 0. The molecule has 1 atom stereocenters. The zero-order valence-corrected chi connectivity index (χ0v) is 15.5. The van der Waals surface area contributed by atoms with E-state index in [9.17, 15) is 0 Å². The van der Waals surface area contributed by atoms with Gasteiger partial charge in [-0.2, -0.15) is 0 Å². The van der Waals surface area contributed by atoms with E-state index < -0.39 is 0 Å². The molecule has 0 spiro atoms. The second kappa shape index (κ2) is 7.17. The van der Waals surface area contributed by atoms with Crippen LogP contribution in [0, 0.1) is 6.92 Å². The van der Waals surface area contributed by atoms with Gasteiger partial charge in [0.05, 0.1) is 21.4 Å². The molecule has 0 amide bonds. The van der Waals surface area contributed by atoms with E-state index in [1.165, 1.54) is 10.3 Å². The van der Waals surface area contributed by atoms with Crippen molar-refractivity contribution >= 4 is 27.4 Å². The highest BCUT2D eigenvalue weighted by atomic mass is 32.1. The minimum atomic E-state index is 0.320. The first kappa shape index (κ1) is 16.6. The third kappa shape index (κ3) is 3.41. The van der Waals surface area contributed by atoms with Crippen molar-refractivity contribution < 1.29 is 0 Å². The molecule has 4 aromatic rings. The number of thiazole rings is 1. The minimum Gasteiger partial charge on any atom is -0.369 e. The van der Waals surface area contributed by atoms with Crippen molar-refractivity contribution in [1.82, 2.24) is 19.9 Å². The normalized spacial score (nSPS) is 12.2. The van der Waals surface area contributed by atoms with Crippen LogP contribution in [0.1, 0.15) is 24.1 Å². The van der Waals surface area contributed by atoms with Crippen LogP contribution in [0.5, 0.6) is 0 Å². The van der Waals surface area contributed by atoms with Gasteiger partial charge >= 0.3 is 0 Å². The highest BCUT2D eigenvalue weighted by molar-refractivity contribution is 7.16. The second-order valence-electron chi connectivity index (χ2n) is 6.31. The Bertz CT molecular complexity index is 1030. The number of hydrogen-bond acceptors (Lipinski definition) is 6. The van der Waals surface area contributed by atoms with Crippen molar-refractivity contribution in [1.29, 1.82) is 0 Å². The van der Waals surface area contributed by atoms with Gasteiger partial charge in [0.15, 0.2) is 0 Å². The molecular formula is C20H19N5S. The zero-order valence-electron chi connectivity index (χ0n) is 14.7. The molecule has 6 heteroatoms. The molecule has 4 rings (SSSR count). The van der Waals surface area contributed by atoms with Crippen LogP contribution in [0.15, 0.2) is 54.4 Å². The Kier molecular flexibility index (Phi) is 4.58. The molecule has 1 aromatic carbocycles. The van der Waals surface area contributed by atoms with Gasteiger partial charge in [-0.05, 0) is 30.7 Å². The molecule has 0 saturated carbocycles. The lowest BCUT2D eigenvalue weighted by atomic mass is 10.00. The number of hydrogen-bond donors (Lipinski definition) is 1. The molecule has 5 nitrogen and oxygen atoms in total. The van der Waals surface area contributed by atoms with E-state index in [4.69, 9.17) is 0 Å². The summed E-state index contributed by atoms with van der Waals surface area (Å²) in [5.41, 5.74) is 7.10. The maximum absolute atomic E-state index is 4.51. The highest BCUT2D eigenvalue weighted by Gasteiger charge is 2.12. The molecule has 0 aliphatic carbocycles. The first-order chi connectivity index (χ1) is 12.7. The van der Waals surface area contributed by atoms with Gasteiger partial charge in [-0.1, -0.05) is 19.1 Å². The lowest BCUT2D eigenvalue weighted by Gasteiger charge is -2.14. The number of nitrogens with zero attached hydrogens (tertiary/aromatic N) is 4. The summed E-state index contributed by atoms with van der Waals surface area (Å²) < 4.78 is 1.23. The summed E-state index contributed by atoms with van der Waals surface area (Å²) >= 11 is 1.68. The van der Waals surface area contributed by atoms with Gasteiger partial charge in [0.1, 0.15) is 12.1 Å². The van der Waals surface area contributed by atoms with Crippen LogP contribution in [0.4, 0.5) is 5.82 Å². The quantitative estimate of drug-likeness (QED) is 0.559. The van der Waals surface area contributed by atoms with Gasteiger partial charge in [0.2, 0.25) is 0 Å². The fraction of sp³-hybridized carbons (Fsp3) is 0.200. The number of fused-ring (bicyclic) bond motifs is 1. The minimum absolute atomic E-state index is 0.320. The van der Waals surface area contributed by atoms with Gasteiger partial charge in [0, 0.05) is 36.0 Å². The largest absolute Gasteiger partial charge is 0.369 e. The summed E-state index contributed by atoms with van der Waals surface area (Å²) in [5, 5.41) is 3.43. The summed E-state index contributed by atoms with van der Waals surface area (Å²) in [6.45, 7) is 4.95. The van der Waals surface area contributed by atoms with Gasteiger partial charge in [-0.15, -0.1) is 11.3 Å². The van der Waals surface area contributed by atoms with Crippen LogP contribution >= 0.6 is 11.3 Å². The fourth-order valence-corrected chi connectivity index (χ4v) is 3.62. The van der Waals surface area contributed by atoms with Crippen LogP contribution < -0.4 is 5.32 Å². The molecule has 0 fully saturated rings. The SMILES string of the molecule is Cc1ccc(-c2cc(NCC(C)c3cccc4scnc34)ncn2)cn1. The average molecular weight is 361 g/mol. The third-order valence-corrected chi connectivity index (χ3v) is 5.18. The number of rotatable bonds is 5. The summed E-state index contributed by atoms with van der Waals surface area (Å²) in [4.78, 5) is 17.6. The molecule has 0 bridgehead atoms. The maximum Gasteiger partial charge on any atom is 0.129 e. The number of benzene rings is 1. The molecule has 26 heavy (non-hydrogen) atoms. The van der Waals surface area contributed by atoms with Crippen molar-refractivity contribution in [3.05, 3.63) is 65.7 Å². The molecular weight excluding hydrogens is 342 g/mol. The molecule has 0 saturated heterocycles. The van der Waals surface area contributed by atoms with Crippen LogP contribution in [-0.2, 0) is 0 Å². The van der Waals surface area contributed by atoms with E-state index in [-0.39, 0.29) is 0 Å². The van der Waals surface area contributed by atoms with Crippen molar-refractivity contribution in [3.8, 4) is 11.3 Å². The molecule has 1 unspecified atom stereocenters. The Morgan fingerprint density at radius 1 is 1.08 bits per heavy atom. The second-order valence-corrected chi connectivity index (χ2v) is 7.19.